The van der Waals surface area contributed by atoms with Crippen LogP contribution in [0, 0.1) is 0 Å². The average Bonchev–Trinajstić information content (AvgIpc) is 3.21. The minimum atomic E-state index is -0.584. The summed E-state index contributed by atoms with van der Waals surface area (Å²) in [4.78, 5) is 0. The lowest BCUT2D eigenvalue weighted by atomic mass is 9.94. The van der Waals surface area contributed by atoms with E-state index in [1.165, 1.54) is 5.56 Å². The zero-order valence-corrected chi connectivity index (χ0v) is 16.2. The molecule has 0 bridgehead atoms. The summed E-state index contributed by atoms with van der Waals surface area (Å²) >= 11 is 0. The molecule has 2 saturated heterocycles. The van der Waals surface area contributed by atoms with Crippen LogP contribution in [0.3, 0.4) is 0 Å². The predicted molar refractivity (Wildman–Crippen MR) is 102 cm³/mol. The highest BCUT2D eigenvalue weighted by atomic mass is 16.7. The third-order valence-corrected chi connectivity index (χ3v) is 5.50. The van der Waals surface area contributed by atoms with Gasteiger partial charge in [0.05, 0.1) is 37.8 Å². The van der Waals surface area contributed by atoms with Crippen molar-refractivity contribution < 1.29 is 19.3 Å². The molecule has 3 heterocycles. The number of aliphatic hydroxyl groups excluding tert-OH is 1. The van der Waals surface area contributed by atoms with Gasteiger partial charge < -0.3 is 19.3 Å². The van der Waals surface area contributed by atoms with Crippen molar-refractivity contribution in [2.24, 2.45) is 0 Å². The van der Waals surface area contributed by atoms with Crippen molar-refractivity contribution in [1.29, 1.82) is 0 Å². The van der Waals surface area contributed by atoms with Crippen LogP contribution in [0.25, 0.3) is 0 Å². The van der Waals surface area contributed by atoms with Crippen molar-refractivity contribution in [2.75, 3.05) is 13.2 Å². The molecule has 152 valence electrons. The van der Waals surface area contributed by atoms with Crippen LogP contribution in [0.2, 0.25) is 0 Å². The van der Waals surface area contributed by atoms with E-state index < -0.39 is 5.79 Å². The van der Waals surface area contributed by atoms with Gasteiger partial charge in [0.1, 0.15) is 0 Å². The highest BCUT2D eigenvalue weighted by Crippen LogP contribution is 2.41. The van der Waals surface area contributed by atoms with Crippen LogP contribution in [-0.2, 0) is 27.2 Å². The zero-order valence-electron chi connectivity index (χ0n) is 16.2. The Kier molecular flexibility index (Phi) is 6.36. The standard InChI is InChI=1S/C21H29N3O4/c25-15-19-8-4-11-21(27-19)12-5-9-20(28-21)24-14-18(22-23-24)10-13-26-16-17-6-2-1-3-7-17/h1-3,6-7,14,19-20,25H,4-5,8-13,15-16H2/t19-,20-,21-/m0/s1. The lowest BCUT2D eigenvalue weighted by molar-refractivity contribution is -0.332. The monoisotopic (exact) mass is 387 g/mol. The van der Waals surface area contributed by atoms with E-state index in [-0.39, 0.29) is 18.9 Å². The van der Waals surface area contributed by atoms with E-state index >= 15 is 0 Å². The summed E-state index contributed by atoms with van der Waals surface area (Å²) in [7, 11) is 0. The van der Waals surface area contributed by atoms with Crippen LogP contribution in [0.5, 0.6) is 0 Å². The van der Waals surface area contributed by atoms with Crippen LogP contribution in [0.1, 0.15) is 56.0 Å². The second kappa shape index (κ2) is 9.13. The minimum absolute atomic E-state index is 0.0478. The molecule has 1 aromatic carbocycles. The molecule has 2 fully saturated rings. The Morgan fingerprint density at radius 3 is 2.79 bits per heavy atom. The molecular formula is C21H29N3O4. The maximum Gasteiger partial charge on any atom is 0.171 e. The highest BCUT2D eigenvalue weighted by Gasteiger charge is 2.43. The molecule has 1 spiro atoms. The van der Waals surface area contributed by atoms with Gasteiger partial charge in [0.25, 0.3) is 0 Å². The molecule has 4 rings (SSSR count). The number of ether oxygens (including phenoxy) is 3. The smallest absolute Gasteiger partial charge is 0.171 e. The Morgan fingerprint density at radius 1 is 1.14 bits per heavy atom. The zero-order chi connectivity index (χ0) is 19.2. The number of nitrogens with zero attached hydrogens (tertiary/aromatic N) is 3. The normalized spacial score (nSPS) is 27.9. The Bertz CT molecular complexity index is 734. The van der Waals surface area contributed by atoms with E-state index in [1.54, 1.807) is 4.68 Å². The Balaban J connectivity index is 1.28. The van der Waals surface area contributed by atoms with Gasteiger partial charge in [-0.1, -0.05) is 35.5 Å². The first kappa shape index (κ1) is 19.5. The minimum Gasteiger partial charge on any atom is -0.394 e. The molecule has 28 heavy (non-hydrogen) atoms. The van der Waals surface area contributed by atoms with Crippen molar-refractivity contribution in [1.82, 2.24) is 15.0 Å². The van der Waals surface area contributed by atoms with Gasteiger partial charge in [-0.15, -0.1) is 5.10 Å². The van der Waals surface area contributed by atoms with Crippen molar-refractivity contribution in [2.45, 2.75) is 69.7 Å². The van der Waals surface area contributed by atoms with E-state index in [1.807, 2.05) is 24.4 Å². The molecule has 3 atom stereocenters. The van der Waals surface area contributed by atoms with Crippen LogP contribution >= 0.6 is 0 Å². The molecule has 7 nitrogen and oxygen atoms in total. The molecule has 2 aliphatic heterocycles. The summed E-state index contributed by atoms with van der Waals surface area (Å²) in [6.45, 7) is 1.25. The van der Waals surface area contributed by atoms with E-state index in [0.717, 1.165) is 44.2 Å². The third kappa shape index (κ3) is 4.78. The first-order valence-corrected chi connectivity index (χ1v) is 10.3. The molecule has 0 unspecified atom stereocenters. The maximum atomic E-state index is 9.45. The summed E-state index contributed by atoms with van der Waals surface area (Å²) in [6.07, 6.45) is 7.92. The molecule has 0 amide bonds. The topological polar surface area (TPSA) is 78.6 Å². The van der Waals surface area contributed by atoms with E-state index in [0.29, 0.717) is 19.6 Å². The van der Waals surface area contributed by atoms with E-state index in [4.69, 9.17) is 14.2 Å². The molecule has 7 heteroatoms. The number of aliphatic hydroxyl groups is 1. The summed E-state index contributed by atoms with van der Waals surface area (Å²) in [5.74, 6) is -0.584. The van der Waals surface area contributed by atoms with Crippen molar-refractivity contribution in [3.8, 4) is 0 Å². The number of benzene rings is 1. The first-order valence-electron chi connectivity index (χ1n) is 10.3. The number of hydrogen-bond acceptors (Lipinski definition) is 6. The number of hydrogen-bond donors (Lipinski definition) is 1. The molecular weight excluding hydrogens is 358 g/mol. The molecule has 0 radical (unpaired) electrons. The molecule has 1 N–H and O–H groups in total. The van der Waals surface area contributed by atoms with Gasteiger partial charge in [0.2, 0.25) is 0 Å². The summed E-state index contributed by atoms with van der Waals surface area (Å²) in [5, 5.41) is 18.0. The fourth-order valence-corrected chi connectivity index (χ4v) is 4.03. The Hall–Kier alpha value is -1.80. The summed E-state index contributed by atoms with van der Waals surface area (Å²) in [6, 6.07) is 10.1. The van der Waals surface area contributed by atoms with Gasteiger partial charge in [-0.2, -0.15) is 0 Å². The van der Waals surface area contributed by atoms with Gasteiger partial charge in [-0.3, -0.25) is 0 Å². The summed E-state index contributed by atoms with van der Waals surface area (Å²) < 4.78 is 20.0. The van der Waals surface area contributed by atoms with Crippen molar-refractivity contribution in [3.05, 3.63) is 47.8 Å². The van der Waals surface area contributed by atoms with Crippen LogP contribution < -0.4 is 0 Å². The quantitative estimate of drug-likeness (QED) is 0.736. The number of rotatable bonds is 7. The molecule has 2 aromatic rings. The lowest BCUT2D eigenvalue weighted by Gasteiger charge is -2.45. The second-order valence-corrected chi connectivity index (χ2v) is 7.67. The fraction of sp³-hybridized carbons (Fsp3) is 0.619. The lowest BCUT2D eigenvalue weighted by Crippen LogP contribution is -2.47. The third-order valence-electron chi connectivity index (χ3n) is 5.50. The van der Waals surface area contributed by atoms with Gasteiger partial charge in [-0.05, 0) is 31.2 Å². The Morgan fingerprint density at radius 2 is 1.96 bits per heavy atom. The average molecular weight is 387 g/mol. The number of aromatic nitrogens is 3. The fourth-order valence-electron chi connectivity index (χ4n) is 4.03. The van der Waals surface area contributed by atoms with Gasteiger partial charge in [0, 0.05) is 19.3 Å². The molecule has 1 aromatic heterocycles. The Labute approximate surface area is 165 Å². The maximum absolute atomic E-state index is 9.45. The van der Waals surface area contributed by atoms with Gasteiger partial charge in [-0.25, -0.2) is 4.68 Å². The van der Waals surface area contributed by atoms with E-state index in [9.17, 15) is 5.11 Å². The second-order valence-electron chi connectivity index (χ2n) is 7.67. The van der Waals surface area contributed by atoms with Crippen LogP contribution in [0.15, 0.2) is 36.5 Å². The largest absolute Gasteiger partial charge is 0.394 e. The van der Waals surface area contributed by atoms with Crippen molar-refractivity contribution >= 4 is 0 Å². The van der Waals surface area contributed by atoms with Crippen LogP contribution in [0.4, 0.5) is 0 Å². The van der Waals surface area contributed by atoms with Crippen LogP contribution in [-0.4, -0.2) is 45.2 Å². The predicted octanol–water partition coefficient (Wildman–Crippen LogP) is 2.99. The SMILES string of the molecule is OC[C@@H]1CCC[C@]2(CCC[C@@H](n3cc(CCOCc4ccccc4)nn3)O2)O1. The van der Waals surface area contributed by atoms with Gasteiger partial charge >= 0.3 is 0 Å². The molecule has 0 saturated carbocycles. The van der Waals surface area contributed by atoms with E-state index in [2.05, 4.69) is 22.4 Å². The summed E-state index contributed by atoms with van der Waals surface area (Å²) in [5.41, 5.74) is 2.06. The van der Waals surface area contributed by atoms with Crippen molar-refractivity contribution in [3.63, 3.8) is 0 Å². The highest BCUT2D eigenvalue weighted by molar-refractivity contribution is 5.13. The first-order chi connectivity index (χ1) is 13.8. The molecule has 2 aliphatic rings. The van der Waals surface area contributed by atoms with Gasteiger partial charge in [0.15, 0.2) is 12.0 Å². The molecule has 0 aliphatic carbocycles.